The molecule has 2 nitrogen and oxygen atoms in total. The van der Waals surface area contributed by atoms with Gasteiger partial charge >= 0.3 is 0 Å². The van der Waals surface area contributed by atoms with E-state index in [0.29, 0.717) is 11.3 Å². The van der Waals surface area contributed by atoms with Crippen LogP contribution in [0, 0.1) is 11.3 Å². The van der Waals surface area contributed by atoms with Gasteiger partial charge in [-0.1, -0.05) is 26.2 Å². The molecule has 0 heterocycles. The van der Waals surface area contributed by atoms with Gasteiger partial charge in [0, 0.05) is 17.3 Å². The van der Waals surface area contributed by atoms with Crippen LogP contribution in [0.4, 0.5) is 0 Å². The minimum atomic E-state index is -0.0883. The number of rotatable bonds is 3. The SMILES string of the molecule is CC1(C(=O)NCC2CCCC(Cl)C2)CCCC1. The second-order valence-corrected chi connectivity index (χ2v) is 6.72. The number of alkyl halides is 1. The summed E-state index contributed by atoms with van der Waals surface area (Å²) in [4.78, 5) is 12.1. The fourth-order valence-corrected chi connectivity index (χ4v) is 3.65. The van der Waals surface area contributed by atoms with E-state index in [9.17, 15) is 4.79 Å². The predicted molar refractivity (Wildman–Crippen MR) is 71.2 cm³/mol. The molecule has 2 saturated carbocycles. The Labute approximate surface area is 109 Å². The Morgan fingerprint density at radius 3 is 2.65 bits per heavy atom. The summed E-state index contributed by atoms with van der Waals surface area (Å²) in [6.45, 7) is 2.94. The number of carbonyl (C=O) groups is 1. The quantitative estimate of drug-likeness (QED) is 0.771. The van der Waals surface area contributed by atoms with Crippen molar-refractivity contribution in [3.63, 3.8) is 0 Å². The van der Waals surface area contributed by atoms with Gasteiger partial charge in [-0.15, -0.1) is 11.6 Å². The average Bonchev–Trinajstić information content (AvgIpc) is 2.74. The summed E-state index contributed by atoms with van der Waals surface area (Å²) in [5.74, 6) is 0.867. The van der Waals surface area contributed by atoms with Crippen LogP contribution in [0.3, 0.4) is 0 Å². The van der Waals surface area contributed by atoms with Crippen LogP contribution in [0.25, 0.3) is 0 Å². The van der Waals surface area contributed by atoms with Gasteiger partial charge in [0.2, 0.25) is 5.91 Å². The number of amides is 1. The molecule has 2 fully saturated rings. The van der Waals surface area contributed by atoms with Crippen LogP contribution < -0.4 is 5.32 Å². The molecule has 98 valence electrons. The highest BCUT2D eigenvalue weighted by molar-refractivity contribution is 6.20. The largest absolute Gasteiger partial charge is 0.355 e. The third-order valence-corrected chi connectivity index (χ3v) is 4.92. The lowest BCUT2D eigenvalue weighted by molar-refractivity contribution is -0.130. The number of halogens is 1. The van der Waals surface area contributed by atoms with E-state index < -0.39 is 0 Å². The highest BCUT2D eigenvalue weighted by atomic mass is 35.5. The van der Waals surface area contributed by atoms with Crippen molar-refractivity contribution >= 4 is 17.5 Å². The predicted octanol–water partition coefficient (Wildman–Crippen LogP) is 3.48. The summed E-state index contributed by atoms with van der Waals surface area (Å²) >= 11 is 6.17. The van der Waals surface area contributed by atoms with Gasteiger partial charge in [0.15, 0.2) is 0 Å². The van der Waals surface area contributed by atoms with E-state index in [2.05, 4.69) is 12.2 Å². The zero-order valence-corrected chi connectivity index (χ0v) is 11.6. The van der Waals surface area contributed by atoms with E-state index >= 15 is 0 Å². The first-order valence-corrected chi connectivity index (χ1v) is 7.46. The van der Waals surface area contributed by atoms with Crippen LogP contribution in [0.15, 0.2) is 0 Å². The molecule has 0 aliphatic heterocycles. The molecule has 17 heavy (non-hydrogen) atoms. The molecule has 2 rings (SSSR count). The van der Waals surface area contributed by atoms with Crippen LogP contribution in [-0.2, 0) is 4.79 Å². The first kappa shape index (κ1) is 13.2. The van der Waals surface area contributed by atoms with Crippen LogP contribution >= 0.6 is 11.6 Å². The molecule has 2 atom stereocenters. The lowest BCUT2D eigenvalue weighted by atomic mass is 9.86. The van der Waals surface area contributed by atoms with Crippen molar-refractivity contribution in [3.05, 3.63) is 0 Å². The van der Waals surface area contributed by atoms with Crippen LogP contribution in [0.2, 0.25) is 0 Å². The Morgan fingerprint density at radius 2 is 2.00 bits per heavy atom. The van der Waals surface area contributed by atoms with Crippen LogP contribution in [-0.4, -0.2) is 17.8 Å². The molecule has 1 amide bonds. The van der Waals surface area contributed by atoms with E-state index in [4.69, 9.17) is 11.6 Å². The molecular formula is C14H24ClNO. The monoisotopic (exact) mass is 257 g/mol. The average molecular weight is 258 g/mol. The topological polar surface area (TPSA) is 29.1 Å². The third kappa shape index (κ3) is 3.37. The standard InChI is InChI=1S/C14H24ClNO/c1-14(7-2-3-8-14)13(17)16-10-11-5-4-6-12(15)9-11/h11-12H,2-10H2,1H3,(H,16,17). The minimum absolute atomic E-state index is 0.0883. The van der Waals surface area contributed by atoms with Crippen LogP contribution in [0.1, 0.15) is 58.3 Å². The Morgan fingerprint density at radius 1 is 1.29 bits per heavy atom. The second kappa shape index (κ2) is 5.60. The zero-order valence-electron chi connectivity index (χ0n) is 10.8. The van der Waals surface area contributed by atoms with Gasteiger partial charge in [-0.25, -0.2) is 0 Å². The van der Waals surface area contributed by atoms with E-state index in [1.807, 2.05) is 0 Å². The highest BCUT2D eigenvalue weighted by Gasteiger charge is 2.36. The van der Waals surface area contributed by atoms with Crippen LogP contribution in [0.5, 0.6) is 0 Å². The number of nitrogens with one attached hydrogen (secondary N) is 1. The summed E-state index contributed by atoms with van der Waals surface area (Å²) in [5.41, 5.74) is -0.0883. The summed E-state index contributed by atoms with van der Waals surface area (Å²) < 4.78 is 0. The Balaban J connectivity index is 1.75. The molecule has 0 radical (unpaired) electrons. The smallest absolute Gasteiger partial charge is 0.225 e. The van der Waals surface area contributed by atoms with E-state index in [1.54, 1.807) is 0 Å². The maximum atomic E-state index is 12.1. The van der Waals surface area contributed by atoms with Crippen molar-refractivity contribution in [2.45, 2.75) is 63.7 Å². The van der Waals surface area contributed by atoms with E-state index in [0.717, 1.165) is 32.2 Å². The first-order chi connectivity index (χ1) is 8.10. The molecule has 0 saturated heterocycles. The van der Waals surface area contributed by atoms with Gasteiger partial charge in [-0.3, -0.25) is 4.79 Å². The Bertz CT molecular complexity index is 273. The fourth-order valence-electron chi connectivity index (χ4n) is 3.24. The first-order valence-electron chi connectivity index (χ1n) is 7.02. The minimum Gasteiger partial charge on any atom is -0.355 e. The summed E-state index contributed by atoms with van der Waals surface area (Å²) in [6.07, 6.45) is 9.17. The molecule has 2 aliphatic carbocycles. The fraction of sp³-hybridized carbons (Fsp3) is 0.929. The molecule has 2 aliphatic rings. The van der Waals surface area contributed by atoms with E-state index in [1.165, 1.54) is 25.7 Å². The van der Waals surface area contributed by atoms with Gasteiger partial charge in [0.05, 0.1) is 0 Å². The third-order valence-electron chi connectivity index (χ3n) is 4.53. The molecule has 1 N–H and O–H groups in total. The normalized spacial score (nSPS) is 32.4. The molecular weight excluding hydrogens is 234 g/mol. The van der Waals surface area contributed by atoms with Gasteiger partial charge in [0.1, 0.15) is 0 Å². The van der Waals surface area contributed by atoms with Crippen molar-refractivity contribution in [2.24, 2.45) is 11.3 Å². The highest BCUT2D eigenvalue weighted by Crippen LogP contribution is 2.37. The molecule has 0 spiro atoms. The molecule has 3 heteroatoms. The number of hydrogen-bond donors (Lipinski definition) is 1. The number of carbonyl (C=O) groups excluding carboxylic acids is 1. The molecule has 0 aromatic carbocycles. The van der Waals surface area contributed by atoms with Crippen molar-refractivity contribution in [2.75, 3.05) is 6.54 Å². The van der Waals surface area contributed by atoms with Crippen molar-refractivity contribution < 1.29 is 4.79 Å². The van der Waals surface area contributed by atoms with Gasteiger partial charge in [-0.2, -0.15) is 0 Å². The second-order valence-electron chi connectivity index (χ2n) is 6.11. The molecule has 0 aromatic heterocycles. The maximum Gasteiger partial charge on any atom is 0.225 e. The molecule has 2 unspecified atom stereocenters. The van der Waals surface area contributed by atoms with Gasteiger partial charge < -0.3 is 5.32 Å². The number of hydrogen-bond acceptors (Lipinski definition) is 1. The molecule has 0 aromatic rings. The van der Waals surface area contributed by atoms with Crippen molar-refractivity contribution in [3.8, 4) is 0 Å². The van der Waals surface area contributed by atoms with Gasteiger partial charge in [0.25, 0.3) is 0 Å². The van der Waals surface area contributed by atoms with E-state index in [-0.39, 0.29) is 11.3 Å². The summed E-state index contributed by atoms with van der Waals surface area (Å²) in [7, 11) is 0. The lowest BCUT2D eigenvalue weighted by Crippen LogP contribution is -2.40. The molecule has 0 bridgehead atoms. The Kier molecular flexibility index (Phi) is 4.35. The van der Waals surface area contributed by atoms with Gasteiger partial charge in [-0.05, 0) is 38.0 Å². The lowest BCUT2D eigenvalue weighted by Gasteiger charge is -2.28. The summed E-state index contributed by atoms with van der Waals surface area (Å²) in [5, 5.41) is 3.48. The van der Waals surface area contributed by atoms with Crippen molar-refractivity contribution in [1.29, 1.82) is 0 Å². The zero-order chi connectivity index (χ0) is 12.3. The maximum absolute atomic E-state index is 12.1. The Hall–Kier alpha value is -0.240. The van der Waals surface area contributed by atoms with Crippen molar-refractivity contribution in [1.82, 2.24) is 5.32 Å². The summed E-state index contributed by atoms with van der Waals surface area (Å²) in [6, 6.07) is 0.